The highest BCUT2D eigenvalue weighted by molar-refractivity contribution is 5.77. The van der Waals surface area contributed by atoms with Crippen molar-refractivity contribution in [2.45, 2.75) is 65.0 Å². The third-order valence-corrected chi connectivity index (χ3v) is 6.32. The molecular weight excluding hydrogens is 406 g/mol. The van der Waals surface area contributed by atoms with E-state index in [4.69, 9.17) is 9.72 Å². The van der Waals surface area contributed by atoms with Crippen molar-refractivity contribution >= 4 is 22.8 Å². The predicted molar refractivity (Wildman–Crippen MR) is 127 cm³/mol. The van der Waals surface area contributed by atoms with Crippen LogP contribution in [-0.4, -0.2) is 32.3 Å². The molecule has 0 saturated carbocycles. The topological polar surface area (TPSA) is 74.3 Å². The third-order valence-electron chi connectivity index (χ3n) is 6.32. The maximum Gasteiger partial charge on any atom is 0.332 e. The van der Waals surface area contributed by atoms with E-state index in [9.17, 15) is 9.59 Å². The molecule has 8 nitrogen and oxygen atoms in total. The van der Waals surface area contributed by atoms with Crippen LogP contribution in [-0.2, 0) is 20.1 Å². The summed E-state index contributed by atoms with van der Waals surface area (Å²) in [7, 11) is 3.35. The second kappa shape index (κ2) is 9.63. The first kappa shape index (κ1) is 22.2. The van der Waals surface area contributed by atoms with Crippen LogP contribution in [0.5, 0.6) is 5.75 Å². The van der Waals surface area contributed by atoms with Gasteiger partial charge in [0, 0.05) is 38.4 Å². The number of fused-ring (bicyclic) bond motifs is 3. The minimum Gasteiger partial charge on any atom is -0.497 e. The largest absolute Gasteiger partial charge is 0.497 e. The summed E-state index contributed by atoms with van der Waals surface area (Å²) in [6.07, 6.45) is 7.54. The SMILES string of the molecule is CCCCCCCCn1c(=O)c2c(nc3n2CCCN3c2cccc(OC)c2)n(C)c1=O. The third kappa shape index (κ3) is 4.06. The Kier molecular flexibility index (Phi) is 6.67. The molecule has 2 aromatic heterocycles. The van der Waals surface area contributed by atoms with Gasteiger partial charge < -0.3 is 14.2 Å². The van der Waals surface area contributed by atoms with E-state index in [0.29, 0.717) is 30.2 Å². The Morgan fingerprint density at radius 1 is 1.06 bits per heavy atom. The zero-order valence-electron chi connectivity index (χ0n) is 19.3. The van der Waals surface area contributed by atoms with Gasteiger partial charge in [0.05, 0.1) is 7.11 Å². The zero-order chi connectivity index (χ0) is 22.7. The van der Waals surface area contributed by atoms with Crippen LogP contribution in [0.25, 0.3) is 11.2 Å². The molecule has 0 saturated heterocycles. The molecule has 0 amide bonds. The fourth-order valence-electron chi connectivity index (χ4n) is 4.54. The first-order chi connectivity index (χ1) is 15.6. The number of hydrogen-bond donors (Lipinski definition) is 0. The molecule has 0 fully saturated rings. The molecule has 1 aliphatic heterocycles. The van der Waals surface area contributed by atoms with Crippen LogP contribution in [0.15, 0.2) is 33.9 Å². The van der Waals surface area contributed by atoms with Crippen LogP contribution in [0.1, 0.15) is 51.9 Å². The number of ether oxygens (including phenoxy) is 1. The summed E-state index contributed by atoms with van der Waals surface area (Å²) in [5, 5.41) is 0. The number of methoxy groups -OCH3 is 1. The van der Waals surface area contributed by atoms with Crippen molar-refractivity contribution < 1.29 is 4.74 Å². The van der Waals surface area contributed by atoms with Crippen LogP contribution >= 0.6 is 0 Å². The molecular formula is C24H33N5O3. The van der Waals surface area contributed by atoms with Crippen molar-refractivity contribution in [3.8, 4) is 5.75 Å². The van der Waals surface area contributed by atoms with E-state index < -0.39 is 0 Å². The lowest BCUT2D eigenvalue weighted by Crippen LogP contribution is -2.40. The number of aromatic nitrogens is 4. The molecule has 0 N–H and O–H groups in total. The molecule has 0 atom stereocenters. The summed E-state index contributed by atoms with van der Waals surface area (Å²) in [5.74, 6) is 1.47. The Balaban J connectivity index is 1.71. The Labute approximate surface area is 188 Å². The van der Waals surface area contributed by atoms with Crippen molar-refractivity contribution in [1.29, 1.82) is 0 Å². The minimum absolute atomic E-state index is 0.233. The smallest absolute Gasteiger partial charge is 0.332 e. The van der Waals surface area contributed by atoms with Gasteiger partial charge in [-0.05, 0) is 25.0 Å². The van der Waals surface area contributed by atoms with E-state index in [1.165, 1.54) is 28.4 Å². The number of unbranched alkanes of at least 4 members (excludes halogenated alkanes) is 5. The molecule has 4 rings (SSSR count). The van der Waals surface area contributed by atoms with Gasteiger partial charge in [-0.25, -0.2) is 4.79 Å². The Morgan fingerprint density at radius 3 is 2.62 bits per heavy atom. The first-order valence-corrected chi connectivity index (χ1v) is 11.7. The number of benzene rings is 1. The van der Waals surface area contributed by atoms with Crippen molar-refractivity contribution in [3.05, 3.63) is 45.1 Å². The Hall–Kier alpha value is -3.03. The summed E-state index contributed by atoms with van der Waals surface area (Å²) < 4.78 is 10.3. The van der Waals surface area contributed by atoms with Crippen LogP contribution in [0.3, 0.4) is 0 Å². The van der Waals surface area contributed by atoms with Gasteiger partial charge in [-0.1, -0.05) is 45.1 Å². The molecule has 1 aromatic carbocycles. The highest BCUT2D eigenvalue weighted by Crippen LogP contribution is 2.32. The number of anilines is 2. The quantitative estimate of drug-likeness (QED) is 0.474. The number of aryl methyl sites for hydroxylation is 2. The summed E-state index contributed by atoms with van der Waals surface area (Å²) in [5.41, 5.74) is 1.39. The molecule has 172 valence electrons. The van der Waals surface area contributed by atoms with Crippen LogP contribution < -0.4 is 20.9 Å². The lowest BCUT2D eigenvalue weighted by atomic mass is 10.1. The molecule has 0 radical (unpaired) electrons. The molecule has 8 heteroatoms. The maximum absolute atomic E-state index is 13.4. The second-order valence-electron chi connectivity index (χ2n) is 8.51. The summed E-state index contributed by atoms with van der Waals surface area (Å²) in [6, 6.07) is 7.82. The second-order valence-corrected chi connectivity index (χ2v) is 8.51. The van der Waals surface area contributed by atoms with E-state index >= 15 is 0 Å². The van der Waals surface area contributed by atoms with Gasteiger partial charge in [0.1, 0.15) is 5.75 Å². The average Bonchev–Trinajstić information content (AvgIpc) is 3.22. The van der Waals surface area contributed by atoms with E-state index in [1.54, 1.807) is 14.2 Å². The molecule has 3 aromatic rings. The van der Waals surface area contributed by atoms with Gasteiger partial charge in [-0.15, -0.1) is 0 Å². The van der Waals surface area contributed by atoms with Crippen molar-refractivity contribution in [2.24, 2.45) is 7.05 Å². The summed E-state index contributed by atoms with van der Waals surface area (Å²) >= 11 is 0. The van der Waals surface area contributed by atoms with Gasteiger partial charge in [0.2, 0.25) is 5.95 Å². The van der Waals surface area contributed by atoms with Gasteiger partial charge >= 0.3 is 5.69 Å². The van der Waals surface area contributed by atoms with Crippen molar-refractivity contribution in [1.82, 2.24) is 18.7 Å². The molecule has 3 heterocycles. The number of rotatable bonds is 9. The van der Waals surface area contributed by atoms with E-state index in [1.807, 2.05) is 28.8 Å². The fraction of sp³-hybridized carbons (Fsp3) is 0.542. The monoisotopic (exact) mass is 439 g/mol. The number of imidazole rings is 1. The van der Waals surface area contributed by atoms with Gasteiger partial charge in [-0.3, -0.25) is 13.9 Å². The minimum atomic E-state index is -0.292. The molecule has 0 aliphatic carbocycles. The Bertz CT molecular complexity index is 1210. The maximum atomic E-state index is 13.4. The fourth-order valence-corrected chi connectivity index (χ4v) is 4.54. The molecule has 32 heavy (non-hydrogen) atoms. The summed E-state index contributed by atoms with van der Waals surface area (Å²) in [4.78, 5) is 33.2. The lowest BCUT2D eigenvalue weighted by molar-refractivity contribution is 0.415. The molecule has 1 aliphatic rings. The lowest BCUT2D eigenvalue weighted by Gasteiger charge is -2.29. The highest BCUT2D eigenvalue weighted by Gasteiger charge is 2.27. The average molecular weight is 440 g/mol. The van der Waals surface area contributed by atoms with Gasteiger partial charge in [0.15, 0.2) is 11.2 Å². The highest BCUT2D eigenvalue weighted by atomic mass is 16.5. The van der Waals surface area contributed by atoms with Crippen LogP contribution in [0.4, 0.5) is 11.6 Å². The Morgan fingerprint density at radius 2 is 1.84 bits per heavy atom. The summed E-state index contributed by atoms with van der Waals surface area (Å²) in [6.45, 7) is 4.14. The number of hydrogen-bond acceptors (Lipinski definition) is 5. The van der Waals surface area contributed by atoms with E-state index in [-0.39, 0.29) is 11.2 Å². The van der Waals surface area contributed by atoms with E-state index in [0.717, 1.165) is 43.7 Å². The van der Waals surface area contributed by atoms with E-state index in [2.05, 4.69) is 11.8 Å². The standard InChI is InChI=1S/C24H33N5O3/c1-4-5-6-7-8-9-14-29-22(30)20-21(26(2)24(29)31)25-23-27(15-11-16-28(20)23)18-12-10-13-19(17-18)32-3/h10,12-13,17H,4-9,11,14-16H2,1-3H3. The molecule has 0 bridgehead atoms. The number of nitrogens with zero attached hydrogens (tertiary/aromatic N) is 5. The van der Waals surface area contributed by atoms with Gasteiger partial charge in [0.25, 0.3) is 5.56 Å². The molecule has 0 spiro atoms. The zero-order valence-corrected chi connectivity index (χ0v) is 19.3. The van der Waals surface area contributed by atoms with Crippen LogP contribution in [0.2, 0.25) is 0 Å². The van der Waals surface area contributed by atoms with Crippen molar-refractivity contribution in [2.75, 3.05) is 18.6 Å². The molecule has 0 unspecified atom stereocenters. The van der Waals surface area contributed by atoms with Crippen molar-refractivity contribution in [3.63, 3.8) is 0 Å². The predicted octanol–water partition coefficient (Wildman–Crippen LogP) is 3.81. The normalized spacial score (nSPS) is 13.5. The first-order valence-electron chi connectivity index (χ1n) is 11.7. The van der Waals surface area contributed by atoms with Crippen LogP contribution in [0, 0.1) is 0 Å². The van der Waals surface area contributed by atoms with Gasteiger partial charge in [-0.2, -0.15) is 4.98 Å².